The molecule has 0 bridgehead atoms. The van der Waals surface area contributed by atoms with Crippen molar-refractivity contribution in [3.8, 4) is 0 Å². The molecule has 10 nitrogen and oxygen atoms in total. The summed E-state index contributed by atoms with van der Waals surface area (Å²) in [5, 5.41) is 20.5. The third kappa shape index (κ3) is 5.08. The number of aliphatic hydroxyl groups is 1. The Kier molecular flexibility index (Phi) is 7.91. The molecule has 39 heavy (non-hydrogen) atoms. The highest BCUT2D eigenvalue weighted by atomic mass is 16.5. The first-order valence-corrected chi connectivity index (χ1v) is 13.8. The minimum absolute atomic E-state index is 0.00794. The number of hydrogen-bond acceptors (Lipinski definition) is 9. The van der Waals surface area contributed by atoms with E-state index in [1.807, 2.05) is 6.92 Å². The van der Waals surface area contributed by atoms with E-state index < -0.39 is 58.8 Å². The molecule has 3 saturated carbocycles. The van der Waals surface area contributed by atoms with Crippen LogP contribution in [0.25, 0.3) is 0 Å². The van der Waals surface area contributed by atoms with Crippen molar-refractivity contribution in [3.63, 3.8) is 0 Å². The van der Waals surface area contributed by atoms with E-state index in [4.69, 9.17) is 14.6 Å². The number of carbonyl (C=O) groups excluding carboxylic acids is 5. The maximum absolute atomic E-state index is 13.9. The summed E-state index contributed by atoms with van der Waals surface area (Å²) in [5.74, 6) is -3.79. The molecule has 3 fully saturated rings. The van der Waals surface area contributed by atoms with E-state index in [0.717, 1.165) is 0 Å². The molecular weight excluding hydrogens is 508 g/mol. The molecule has 0 aromatic rings. The van der Waals surface area contributed by atoms with Crippen molar-refractivity contribution in [2.24, 2.45) is 28.6 Å². The smallest absolute Gasteiger partial charge is 0.306 e. The molecule has 4 aliphatic carbocycles. The van der Waals surface area contributed by atoms with E-state index in [9.17, 15) is 33.9 Å². The topological polar surface area (TPSA) is 161 Å². The number of esters is 2. The van der Waals surface area contributed by atoms with Gasteiger partial charge in [0.1, 0.15) is 17.5 Å². The van der Waals surface area contributed by atoms with Gasteiger partial charge in [0, 0.05) is 49.4 Å². The molecule has 0 spiro atoms. The molecule has 4 aliphatic rings. The Morgan fingerprint density at radius 3 is 2.44 bits per heavy atom. The molecule has 0 aromatic heterocycles. The highest BCUT2D eigenvalue weighted by molar-refractivity contribution is 5.95. The Bertz CT molecular complexity index is 1120. The number of unbranched alkanes of at least 4 members (excludes halogenated alkanes) is 1. The lowest BCUT2D eigenvalue weighted by molar-refractivity contribution is -0.177. The molecule has 0 radical (unpaired) electrons. The number of Topliss-reactive ketones (excluding diaryl/α,β-unsaturated/α-hetero) is 2. The lowest BCUT2D eigenvalue weighted by atomic mass is 9.45. The summed E-state index contributed by atoms with van der Waals surface area (Å²) in [5.41, 5.74) is -2.96. The lowest BCUT2D eigenvalue weighted by Crippen LogP contribution is -2.62. The van der Waals surface area contributed by atoms with E-state index >= 15 is 0 Å². The molecule has 7 atom stereocenters. The standard InChI is InChI=1S/C29H38O10/c1-16(30)38-15-23(33)29(37)11-9-19-18-13-22(39-25(36)7-5-4-6-24(34)35)20-12-17(31)8-10-27(20,2)26(18)21(32)14-28(19,29)3/h12,18-19,22,26,37H,4-11,13-15H2,1-3H3,(H,34,35)/t18?,19?,22-,26?,27+,28+,29+/m1/s1. The van der Waals surface area contributed by atoms with Gasteiger partial charge in [0.2, 0.25) is 5.78 Å². The number of rotatable bonds is 9. The quantitative estimate of drug-likeness (QED) is 0.325. The van der Waals surface area contributed by atoms with Gasteiger partial charge in [-0.3, -0.25) is 28.8 Å². The van der Waals surface area contributed by atoms with Crippen LogP contribution in [0.15, 0.2) is 11.6 Å². The van der Waals surface area contributed by atoms with Crippen molar-refractivity contribution in [2.45, 2.75) is 96.7 Å². The number of ether oxygens (including phenoxy) is 2. The fraction of sp³-hybridized carbons (Fsp3) is 0.724. The van der Waals surface area contributed by atoms with E-state index in [2.05, 4.69) is 0 Å². The molecule has 0 heterocycles. The monoisotopic (exact) mass is 546 g/mol. The summed E-state index contributed by atoms with van der Waals surface area (Å²) in [4.78, 5) is 74.3. The van der Waals surface area contributed by atoms with Crippen LogP contribution in [0.3, 0.4) is 0 Å². The summed E-state index contributed by atoms with van der Waals surface area (Å²) in [6.45, 7) is 4.32. The van der Waals surface area contributed by atoms with Crippen LogP contribution in [0.5, 0.6) is 0 Å². The van der Waals surface area contributed by atoms with Gasteiger partial charge in [-0.05, 0) is 62.0 Å². The van der Waals surface area contributed by atoms with E-state index in [-0.39, 0.29) is 55.5 Å². The van der Waals surface area contributed by atoms with Gasteiger partial charge in [0.15, 0.2) is 12.4 Å². The minimum atomic E-state index is -1.83. The molecule has 10 heteroatoms. The zero-order valence-corrected chi connectivity index (χ0v) is 22.8. The van der Waals surface area contributed by atoms with Crippen LogP contribution in [0.2, 0.25) is 0 Å². The first kappa shape index (κ1) is 29.1. The van der Waals surface area contributed by atoms with Crippen LogP contribution in [0.1, 0.15) is 85.0 Å². The molecule has 4 rings (SSSR count). The summed E-state index contributed by atoms with van der Waals surface area (Å²) in [6, 6.07) is 0. The average molecular weight is 547 g/mol. The highest BCUT2D eigenvalue weighted by Crippen LogP contribution is 2.67. The number of fused-ring (bicyclic) bond motifs is 5. The van der Waals surface area contributed by atoms with E-state index in [1.54, 1.807) is 6.92 Å². The lowest BCUT2D eigenvalue weighted by Gasteiger charge is -2.58. The van der Waals surface area contributed by atoms with Crippen molar-refractivity contribution in [2.75, 3.05) is 6.61 Å². The Balaban J connectivity index is 1.62. The number of carbonyl (C=O) groups is 6. The molecule has 2 N–H and O–H groups in total. The van der Waals surface area contributed by atoms with Crippen molar-refractivity contribution >= 4 is 35.3 Å². The highest BCUT2D eigenvalue weighted by Gasteiger charge is 2.69. The van der Waals surface area contributed by atoms with Crippen LogP contribution in [0.4, 0.5) is 0 Å². The van der Waals surface area contributed by atoms with Gasteiger partial charge < -0.3 is 19.7 Å². The number of ketones is 3. The van der Waals surface area contributed by atoms with Crippen LogP contribution < -0.4 is 0 Å². The zero-order valence-electron chi connectivity index (χ0n) is 22.8. The summed E-state index contributed by atoms with van der Waals surface area (Å²) < 4.78 is 10.8. The fourth-order valence-electron chi connectivity index (χ4n) is 8.04. The molecular formula is C29H38O10. The van der Waals surface area contributed by atoms with Crippen molar-refractivity contribution in [1.82, 2.24) is 0 Å². The van der Waals surface area contributed by atoms with Gasteiger partial charge in [-0.25, -0.2) is 0 Å². The molecule has 0 amide bonds. The first-order valence-electron chi connectivity index (χ1n) is 13.8. The maximum Gasteiger partial charge on any atom is 0.306 e. The Labute approximate surface area is 227 Å². The summed E-state index contributed by atoms with van der Waals surface area (Å²) >= 11 is 0. The Hall–Kier alpha value is -2.88. The number of carboxylic acid groups (broad SMARTS) is 1. The SMILES string of the molecule is CC(=O)OCC(=O)[C@@]1(O)CCC2C3C[C@@H](OC(=O)CCCCC(=O)O)C4=CC(=O)CC[C@]4(C)C3C(=O)C[C@@]21C. The first-order chi connectivity index (χ1) is 18.2. The van der Waals surface area contributed by atoms with Gasteiger partial charge in [-0.2, -0.15) is 0 Å². The molecule has 0 saturated heterocycles. The van der Waals surface area contributed by atoms with Crippen LogP contribution in [-0.2, 0) is 38.2 Å². The second kappa shape index (κ2) is 10.6. The van der Waals surface area contributed by atoms with Crippen molar-refractivity contribution < 1.29 is 48.5 Å². The number of hydrogen-bond donors (Lipinski definition) is 2. The Morgan fingerprint density at radius 2 is 1.77 bits per heavy atom. The molecule has 214 valence electrons. The average Bonchev–Trinajstić information content (AvgIpc) is 3.12. The zero-order chi connectivity index (χ0) is 28.8. The maximum atomic E-state index is 13.9. The normalized spacial score (nSPS) is 37.2. The molecule has 0 aromatic carbocycles. The van der Waals surface area contributed by atoms with Crippen LogP contribution in [-0.4, -0.2) is 63.8 Å². The molecule has 3 unspecified atom stereocenters. The van der Waals surface area contributed by atoms with Gasteiger partial charge in [0.25, 0.3) is 0 Å². The Morgan fingerprint density at radius 1 is 1.08 bits per heavy atom. The summed E-state index contributed by atoms with van der Waals surface area (Å²) in [7, 11) is 0. The van der Waals surface area contributed by atoms with Crippen molar-refractivity contribution in [1.29, 1.82) is 0 Å². The van der Waals surface area contributed by atoms with Crippen molar-refractivity contribution in [3.05, 3.63) is 11.6 Å². The van der Waals surface area contributed by atoms with Gasteiger partial charge in [0.05, 0.1) is 0 Å². The predicted octanol–water partition coefficient (Wildman–Crippen LogP) is 2.73. The largest absolute Gasteiger partial charge is 0.481 e. The van der Waals surface area contributed by atoms with Gasteiger partial charge in [-0.15, -0.1) is 0 Å². The molecule has 0 aliphatic heterocycles. The number of aliphatic carboxylic acids is 1. The van der Waals surface area contributed by atoms with Crippen LogP contribution >= 0.6 is 0 Å². The third-order valence-corrected chi connectivity index (χ3v) is 9.96. The van der Waals surface area contributed by atoms with Gasteiger partial charge in [-0.1, -0.05) is 13.8 Å². The van der Waals surface area contributed by atoms with E-state index in [0.29, 0.717) is 37.7 Å². The second-order valence-corrected chi connectivity index (χ2v) is 12.2. The van der Waals surface area contributed by atoms with Gasteiger partial charge >= 0.3 is 17.9 Å². The summed E-state index contributed by atoms with van der Waals surface area (Å²) in [6.07, 6.45) is 3.11. The predicted molar refractivity (Wildman–Crippen MR) is 135 cm³/mol. The minimum Gasteiger partial charge on any atom is -0.481 e. The number of carboxylic acids is 1. The van der Waals surface area contributed by atoms with Crippen LogP contribution in [0, 0.1) is 28.6 Å². The second-order valence-electron chi connectivity index (χ2n) is 12.2. The fourth-order valence-corrected chi connectivity index (χ4v) is 8.04. The van der Waals surface area contributed by atoms with E-state index in [1.165, 1.54) is 13.0 Å². The third-order valence-electron chi connectivity index (χ3n) is 9.96.